The molecule has 6 heteroatoms. The molecular weight excluding hydrogens is 228 g/mol. The predicted molar refractivity (Wildman–Crippen MR) is 60.2 cm³/mol. The van der Waals surface area contributed by atoms with Gasteiger partial charge in [0.15, 0.2) is 0 Å². The minimum atomic E-state index is -3.45. The molecule has 1 heterocycles. The number of nitrogens with one attached hydrogen (secondary N) is 1. The molecule has 5 nitrogen and oxygen atoms in total. The number of ether oxygens (including phenoxy) is 1. The Labute approximate surface area is 95.2 Å². The van der Waals surface area contributed by atoms with Crippen molar-refractivity contribution in [3.8, 4) is 0 Å². The van der Waals surface area contributed by atoms with Crippen LogP contribution in [0.25, 0.3) is 0 Å². The molecule has 0 atom stereocenters. The van der Waals surface area contributed by atoms with Crippen LogP contribution in [0.4, 0.5) is 5.69 Å². The summed E-state index contributed by atoms with van der Waals surface area (Å²) < 4.78 is 32.8. The molecule has 1 fully saturated rings. The number of nitrogens with zero attached hydrogens (tertiary/aromatic N) is 1. The van der Waals surface area contributed by atoms with E-state index in [2.05, 4.69) is 10.8 Å². The molecule has 87 valence electrons. The molecule has 0 saturated carbocycles. The molecule has 1 aliphatic heterocycles. The Kier molecular flexibility index (Phi) is 3.42. The van der Waals surface area contributed by atoms with Crippen LogP contribution >= 0.6 is 0 Å². The average molecular weight is 241 g/mol. The van der Waals surface area contributed by atoms with E-state index in [4.69, 9.17) is 4.74 Å². The van der Waals surface area contributed by atoms with Crippen molar-refractivity contribution in [3.63, 3.8) is 0 Å². The third-order valence-electron chi connectivity index (χ3n) is 2.28. The zero-order chi connectivity index (χ0) is 11.4. The van der Waals surface area contributed by atoms with Crippen LogP contribution in [0, 0.1) is 6.07 Å². The summed E-state index contributed by atoms with van der Waals surface area (Å²) >= 11 is 0. The summed E-state index contributed by atoms with van der Waals surface area (Å²) in [6.45, 7) is 1.69. The first-order valence-electron chi connectivity index (χ1n) is 5.00. The van der Waals surface area contributed by atoms with Gasteiger partial charge in [-0.05, 0) is 18.2 Å². The van der Waals surface area contributed by atoms with E-state index in [1.807, 2.05) is 0 Å². The van der Waals surface area contributed by atoms with Gasteiger partial charge in [0.2, 0.25) is 0 Å². The van der Waals surface area contributed by atoms with Crippen LogP contribution in [-0.2, 0) is 14.9 Å². The number of hydrogen-bond acceptors (Lipinski definition) is 3. The molecule has 0 amide bonds. The van der Waals surface area contributed by atoms with Crippen LogP contribution in [0.3, 0.4) is 0 Å². The van der Waals surface area contributed by atoms with E-state index < -0.39 is 10.2 Å². The van der Waals surface area contributed by atoms with E-state index >= 15 is 0 Å². The number of morpholine rings is 1. The van der Waals surface area contributed by atoms with Crippen molar-refractivity contribution in [2.24, 2.45) is 0 Å². The van der Waals surface area contributed by atoms with Gasteiger partial charge >= 0.3 is 10.2 Å². The molecule has 0 spiro atoms. The Morgan fingerprint density at radius 2 is 1.88 bits per heavy atom. The first kappa shape index (κ1) is 11.4. The average Bonchev–Trinajstić information content (AvgIpc) is 2.31. The maximum absolute atomic E-state index is 11.9. The summed E-state index contributed by atoms with van der Waals surface area (Å²) in [5.74, 6) is 0. The van der Waals surface area contributed by atoms with Crippen LogP contribution in [0.5, 0.6) is 0 Å². The highest BCUT2D eigenvalue weighted by atomic mass is 32.2. The van der Waals surface area contributed by atoms with E-state index in [9.17, 15) is 8.42 Å². The van der Waals surface area contributed by atoms with Crippen LogP contribution in [-0.4, -0.2) is 39.0 Å². The first-order chi connectivity index (χ1) is 7.68. The summed E-state index contributed by atoms with van der Waals surface area (Å²) in [7, 11) is -3.45. The summed E-state index contributed by atoms with van der Waals surface area (Å²) in [5, 5.41) is 0. The summed E-state index contributed by atoms with van der Waals surface area (Å²) in [6, 6.07) is 9.49. The molecule has 1 aliphatic rings. The molecule has 0 aromatic heterocycles. The SMILES string of the molecule is O=S(=O)(Nc1cc[c]cc1)N1CCOCC1. The van der Waals surface area contributed by atoms with Crippen molar-refractivity contribution in [2.75, 3.05) is 31.0 Å². The Bertz CT molecular complexity index is 427. The second-order valence-corrected chi connectivity index (χ2v) is 5.08. The third-order valence-corrected chi connectivity index (χ3v) is 3.81. The van der Waals surface area contributed by atoms with E-state index in [1.165, 1.54) is 4.31 Å². The van der Waals surface area contributed by atoms with Crippen LogP contribution < -0.4 is 4.72 Å². The lowest BCUT2D eigenvalue weighted by Crippen LogP contribution is -2.43. The maximum Gasteiger partial charge on any atom is 0.301 e. The second kappa shape index (κ2) is 4.82. The zero-order valence-electron chi connectivity index (χ0n) is 8.72. The van der Waals surface area contributed by atoms with Gasteiger partial charge in [-0.15, -0.1) is 0 Å². The van der Waals surface area contributed by atoms with Crippen molar-refractivity contribution in [1.82, 2.24) is 4.31 Å². The van der Waals surface area contributed by atoms with Gasteiger partial charge in [0, 0.05) is 18.8 Å². The molecule has 2 rings (SSSR count). The van der Waals surface area contributed by atoms with Crippen molar-refractivity contribution in [1.29, 1.82) is 0 Å². The van der Waals surface area contributed by atoms with Gasteiger partial charge in [-0.25, -0.2) is 0 Å². The summed E-state index contributed by atoms with van der Waals surface area (Å²) in [6.07, 6.45) is 0. The van der Waals surface area contributed by atoms with Gasteiger partial charge in [-0.3, -0.25) is 4.72 Å². The second-order valence-electron chi connectivity index (χ2n) is 3.41. The van der Waals surface area contributed by atoms with E-state index in [-0.39, 0.29) is 0 Å². The minimum absolute atomic E-state index is 0.397. The molecule has 1 N–H and O–H groups in total. The van der Waals surface area contributed by atoms with E-state index in [0.29, 0.717) is 32.0 Å². The number of benzene rings is 1. The van der Waals surface area contributed by atoms with Crippen molar-refractivity contribution < 1.29 is 13.2 Å². The Morgan fingerprint density at radius 1 is 1.25 bits per heavy atom. The lowest BCUT2D eigenvalue weighted by molar-refractivity contribution is 0.0733. The van der Waals surface area contributed by atoms with Gasteiger partial charge in [-0.1, -0.05) is 12.1 Å². The highest BCUT2D eigenvalue weighted by Gasteiger charge is 2.23. The van der Waals surface area contributed by atoms with Crippen LogP contribution in [0.2, 0.25) is 0 Å². The molecule has 0 aliphatic carbocycles. The number of anilines is 1. The van der Waals surface area contributed by atoms with Crippen molar-refractivity contribution in [3.05, 3.63) is 30.3 Å². The standard InChI is InChI=1S/C10H13N2O3S/c13-16(14,12-6-8-15-9-7-12)11-10-4-2-1-3-5-10/h2-5,11H,6-9H2. The highest BCUT2D eigenvalue weighted by Crippen LogP contribution is 2.11. The Morgan fingerprint density at radius 3 is 2.50 bits per heavy atom. The third kappa shape index (κ3) is 2.72. The van der Waals surface area contributed by atoms with Crippen LogP contribution in [0.15, 0.2) is 24.3 Å². The molecule has 1 aromatic carbocycles. The quantitative estimate of drug-likeness (QED) is 0.837. The molecule has 1 saturated heterocycles. The fourth-order valence-corrected chi connectivity index (χ4v) is 2.65. The normalized spacial score (nSPS) is 18.2. The number of rotatable bonds is 3. The fraction of sp³-hybridized carbons (Fsp3) is 0.400. The molecule has 0 bridgehead atoms. The first-order valence-corrected chi connectivity index (χ1v) is 6.44. The summed E-state index contributed by atoms with van der Waals surface area (Å²) in [4.78, 5) is 0. The van der Waals surface area contributed by atoms with E-state index in [0.717, 1.165) is 0 Å². The molecule has 0 unspecified atom stereocenters. The van der Waals surface area contributed by atoms with Crippen molar-refractivity contribution >= 4 is 15.9 Å². The maximum atomic E-state index is 11.9. The molecule has 16 heavy (non-hydrogen) atoms. The minimum Gasteiger partial charge on any atom is -0.379 e. The largest absolute Gasteiger partial charge is 0.379 e. The smallest absolute Gasteiger partial charge is 0.301 e. The van der Waals surface area contributed by atoms with Gasteiger partial charge in [-0.2, -0.15) is 12.7 Å². The van der Waals surface area contributed by atoms with Crippen molar-refractivity contribution in [2.45, 2.75) is 0 Å². The lowest BCUT2D eigenvalue weighted by atomic mass is 10.3. The fourth-order valence-electron chi connectivity index (χ4n) is 1.46. The number of hydrogen-bond donors (Lipinski definition) is 1. The van der Waals surface area contributed by atoms with Gasteiger partial charge in [0.25, 0.3) is 0 Å². The highest BCUT2D eigenvalue weighted by molar-refractivity contribution is 7.90. The zero-order valence-corrected chi connectivity index (χ0v) is 9.53. The van der Waals surface area contributed by atoms with E-state index in [1.54, 1.807) is 24.3 Å². The van der Waals surface area contributed by atoms with Crippen LogP contribution in [0.1, 0.15) is 0 Å². The molecule has 1 radical (unpaired) electrons. The topological polar surface area (TPSA) is 58.6 Å². The summed E-state index contributed by atoms with van der Waals surface area (Å²) in [5.41, 5.74) is 0.547. The van der Waals surface area contributed by atoms with Gasteiger partial charge in [0.1, 0.15) is 0 Å². The monoisotopic (exact) mass is 241 g/mol. The van der Waals surface area contributed by atoms with Gasteiger partial charge in [0.05, 0.1) is 13.2 Å². The Balaban J connectivity index is 2.08. The molecule has 1 aromatic rings. The predicted octanol–water partition coefficient (Wildman–Crippen LogP) is 0.476. The Hall–Kier alpha value is -1.11. The van der Waals surface area contributed by atoms with Gasteiger partial charge < -0.3 is 4.74 Å². The molecular formula is C10H13N2O3S. The lowest BCUT2D eigenvalue weighted by Gasteiger charge is -2.26.